The molecule has 1 saturated heterocycles. The van der Waals surface area contributed by atoms with E-state index >= 15 is 0 Å². The highest BCUT2D eigenvalue weighted by molar-refractivity contribution is 5.74. The van der Waals surface area contributed by atoms with Crippen molar-refractivity contribution in [1.82, 2.24) is 10.2 Å². The van der Waals surface area contributed by atoms with Crippen molar-refractivity contribution in [2.45, 2.75) is 39.5 Å². The molecular formula is C11H22N2O. The Kier molecular flexibility index (Phi) is 4.77. The molecule has 0 atom stereocenters. The molecule has 1 aliphatic heterocycles. The molecule has 0 radical (unpaired) electrons. The highest BCUT2D eigenvalue weighted by Gasteiger charge is 2.16. The maximum Gasteiger partial charge on any atom is 0.317 e. The molecule has 3 heteroatoms. The first-order valence-corrected chi connectivity index (χ1v) is 5.73. The molecule has 0 bridgehead atoms. The third kappa shape index (κ3) is 3.99. The highest BCUT2D eigenvalue weighted by Crippen LogP contribution is 2.07. The molecule has 0 aromatic rings. The number of likely N-dealkylation sites (tertiary alicyclic amines) is 1. The number of carbonyl (C=O) groups excluding carboxylic acids is 1. The minimum Gasteiger partial charge on any atom is -0.338 e. The van der Waals surface area contributed by atoms with E-state index in [9.17, 15) is 4.79 Å². The second-order valence-corrected chi connectivity index (χ2v) is 4.46. The van der Waals surface area contributed by atoms with Crippen molar-refractivity contribution in [1.29, 1.82) is 0 Å². The van der Waals surface area contributed by atoms with Gasteiger partial charge in [0, 0.05) is 19.6 Å². The summed E-state index contributed by atoms with van der Waals surface area (Å²) in [5.74, 6) is 0.735. The van der Waals surface area contributed by atoms with Crippen LogP contribution in [0.3, 0.4) is 0 Å². The van der Waals surface area contributed by atoms with E-state index in [0.717, 1.165) is 32.0 Å². The van der Waals surface area contributed by atoms with E-state index in [1.54, 1.807) is 0 Å². The lowest BCUT2D eigenvalue weighted by molar-refractivity contribution is 0.208. The van der Waals surface area contributed by atoms with Gasteiger partial charge in [0.25, 0.3) is 0 Å². The number of amides is 2. The largest absolute Gasteiger partial charge is 0.338 e. The molecule has 0 unspecified atom stereocenters. The molecule has 1 N–H and O–H groups in total. The van der Waals surface area contributed by atoms with E-state index in [1.165, 1.54) is 19.3 Å². The fourth-order valence-electron chi connectivity index (χ4n) is 1.74. The van der Waals surface area contributed by atoms with E-state index in [2.05, 4.69) is 19.2 Å². The van der Waals surface area contributed by atoms with Gasteiger partial charge in [-0.1, -0.05) is 13.8 Å². The van der Waals surface area contributed by atoms with Crippen LogP contribution >= 0.6 is 0 Å². The molecule has 0 spiro atoms. The second-order valence-electron chi connectivity index (χ2n) is 4.46. The Morgan fingerprint density at radius 1 is 1.36 bits per heavy atom. The zero-order valence-electron chi connectivity index (χ0n) is 9.38. The van der Waals surface area contributed by atoms with Gasteiger partial charge in [-0.15, -0.1) is 0 Å². The Labute approximate surface area is 86.9 Å². The predicted molar refractivity (Wildman–Crippen MR) is 58.3 cm³/mol. The molecule has 0 saturated carbocycles. The van der Waals surface area contributed by atoms with Gasteiger partial charge in [0.15, 0.2) is 0 Å². The smallest absolute Gasteiger partial charge is 0.317 e. The summed E-state index contributed by atoms with van der Waals surface area (Å²) in [5.41, 5.74) is 0. The van der Waals surface area contributed by atoms with Crippen LogP contribution in [-0.4, -0.2) is 30.6 Å². The van der Waals surface area contributed by atoms with Gasteiger partial charge in [-0.25, -0.2) is 4.79 Å². The molecule has 1 fully saturated rings. The van der Waals surface area contributed by atoms with Gasteiger partial charge in [-0.05, 0) is 31.6 Å². The number of hydrogen-bond acceptors (Lipinski definition) is 1. The van der Waals surface area contributed by atoms with Gasteiger partial charge in [0.1, 0.15) is 0 Å². The Hall–Kier alpha value is -0.730. The van der Waals surface area contributed by atoms with Crippen molar-refractivity contribution < 1.29 is 4.79 Å². The van der Waals surface area contributed by atoms with Gasteiger partial charge in [-0.3, -0.25) is 0 Å². The van der Waals surface area contributed by atoms with Crippen LogP contribution in [0.1, 0.15) is 39.5 Å². The summed E-state index contributed by atoms with van der Waals surface area (Å²) < 4.78 is 0. The maximum atomic E-state index is 11.5. The zero-order chi connectivity index (χ0) is 10.4. The van der Waals surface area contributed by atoms with Crippen LogP contribution in [0.2, 0.25) is 0 Å². The Balaban J connectivity index is 2.03. The van der Waals surface area contributed by atoms with E-state index in [4.69, 9.17) is 0 Å². The number of hydrogen-bond donors (Lipinski definition) is 1. The summed E-state index contributed by atoms with van der Waals surface area (Å²) in [5, 5.41) is 2.97. The second kappa shape index (κ2) is 5.89. The lowest BCUT2D eigenvalue weighted by atomic mass is 10.1. The standard InChI is InChI=1S/C11H22N2O/c1-10(2)6-5-7-12-11(14)13-8-3-4-9-13/h10H,3-9H2,1-2H3,(H,12,14). The number of nitrogens with one attached hydrogen (secondary N) is 1. The van der Waals surface area contributed by atoms with Gasteiger partial charge < -0.3 is 10.2 Å². The van der Waals surface area contributed by atoms with Gasteiger partial charge in [0.2, 0.25) is 0 Å². The summed E-state index contributed by atoms with van der Waals surface area (Å²) in [6.45, 7) is 7.13. The number of rotatable bonds is 4. The molecule has 1 rings (SSSR count). The summed E-state index contributed by atoms with van der Waals surface area (Å²) in [4.78, 5) is 13.4. The molecule has 0 aromatic carbocycles. The predicted octanol–water partition coefficient (Wildman–Crippen LogP) is 2.23. The third-order valence-corrected chi connectivity index (χ3v) is 2.63. The van der Waals surface area contributed by atoms with Crippen LogP contribution in [0.15, 0.2) is 0 Å². The summed E-state index contributed by atoms with van der Waals surface area (Å²) in [6.07, 6.45) is 4.62. The Bertz CT molecular complexity index is 174. The normalized spacial score (nSPS) is 16.4. The van der Waals surface area contributed by atoms with Crippen LogP contribution in [-0.2, 0) is 0 Å². The maximum absolute atomic E-state index is 11.5. The topological polar surface area (TPSA) is 32.3 Å². The monoisotopic (exact) mass is 198 g/mol. The summed E-state index contributed by atoms with van der Waals surface area (Å²) >= 11 is 0. The lowest BCUT2D eigenvalue weighted by Crippen LogP contribution is -2.38. The molecule has 82 valence electrons. The van der Waals surface area contributed by atoms with Gasteiger partial charge in [-0.2, -0.15) is 0 Å². The average molecular weight is 198 g/mol. The summed E-state index contributed by atoms with van der Waals surface area (Å²) in [7, 11) is 0. The molecule has 14 heavy (non-hydrogen) atoms. The van der Waals surface area contributed by atoms with Crippen molar-refractivity contribution >= 4 is 6.03 Å². The Morgan fingerprint density at radius 2 is 2.00 bits per heavy atom. The Morgan fingerprint density at radius 3 is 2.57 bits per heavy atom. The number of carbonyl (C=O) groups is 1. The van der Waals surface area contributed by atoms with Crippen molar-refractivity contribution in [2.24, 2.45) is 5.92 Å². The first-order valence-electron chi connectivity index (χ1n) is 5.73. The average Bonchev–Trinajstić information content (AvgIpc) is 2.64. The SMILES string of the molecule is CC(C)CCCNC(=O)N1CCCC1. The minimum absolute atomic E-state index is 0.131. The van der Waals surface area contributed by atoms with Gasteiger partial charge >= 0.3 is 6.03 Å². The van der Waals surface area contributed by atoms with Crippen LogP contribution in [0, 0.1) is 5.92 Å². The van der Waals surface area contributed by atoms with Crippen LogP contribution in [0.4, 0.5) is 4.79 Å². The quantitative estimate of drug-likeness (QED) is 0.690. The molecule has 1 heterocycles. The lowest BCUT2D eigenvalue weighted by Gasteiger charge is -2.16. The minimum atomic E-state index is 0.131. The van der Waals surface area contributed by atoms with E-state index in [1.807, 2.05) is 4.90 Å². The van der Waals surface area contributed by atoms with Crippen LogP contribution in [0.5, 0.6) is 0 Å². The first-order chi connectivity index (χ1) is 6.70. The van der Waals surface area contributed by atoms with Crippen molar-refractivity contribution in [3.8, 4) is 0 Å². The zero-order valence-corrected chi connectivity index (χ0v) is 9.38. The van der Waals surface area contributed by atoms with E-state index in [-0.39, 0.29) is 6.03 Å². The van der Waals surface area contributed by atoms with Gasteiger partial charge in [0.05, 0.1) is 0 Å². The van der Waals surface area contributed by atoms with Crippen molar-refractivity contribution in [3.05, 3.63) is 0 Å². The van der Waals surface area contributed by atoms with E-state index < -0.39 is 0 Å². The molecule has 0 aromatic heterocycles. The molecule has 0 aliphatic carbocycles. The fraction of sp³-hybridized carbons (Fsp3) is 0.909. The number of urea groups is 1. The third-order valence-electron chi connectivity index (χ3n) is 2.63. The van der Waals surface area contributed by atoms with Crippen molar-refractivity contribution in [3.63, 3.8) is 0 Å². The highest BCUT2D eigenvalue weighted by atomic mass is 16.2. The first kappa shape index (κ1) is 11.3. The molecular weight excluding hydrogens is 176 g/mol. The summed E-state index contributed by atoms with van der Waals surface area (Å²) in [6, 6.07) is 0.131. The number of nitrogens with zero attached hydrogens (tertiary/aromatic N) is 1. The fourth-order valence-corrected chi connectivity index (χ4v) is 1.74. The molecule has 1 aliphatic rings. The van der Waals surface area contributed by atoms with Crippen LogP contribution in [0.25, 0.3) is 0 Å². The van der Waals surface area contributed by atoms with E-state index in [0.29, 0.717) is 0 Å². The molecule has 3 nitrogen and oxygen atoms in total. The van der Waals surface area contributed by atoms with Crippen molar-refractivity contribution in [2.75, 3.05) is 19.6 Å². The van der Waals surface area contributed by atoms with Crippen LogP contribution < -0.4 is 5.32 Å². The molecule has 2 amide bonds.